The number of anilines is 2. The van der Waals surface area contributed by atoms with Gasteiger partial charge in [0.1, 0.15) is 17.7 Å². The second-order valence-corrected chi connectivity index (χ2v) is 9.32. The monoisotopic (exact) mass is 500 g/mol. The Morgan fingerprint density at radius 3 is 2.36 bits per heavy atom. The number of alkyl halides is 3. The minimum Gasteiger partial charge on any atom is -0.474 e. The molecule has 0 N–H and O–H groups in total. The molecular formula is C24H23F3N6O3. The highest BCUT2D eigenvalue weighted by Crippen LogP contribution is 2.48. The fraction of sp³-hybridized carbons (Fsp3) is 0.458. The van der Waals surface area contributed by atoms with Crippen LogP contribution in [0.15, 0.2) is 30.6 Å². The summed E-state index contributed by atoms with van der Waals surface area (Å²) in [5.41, 5.74) is -3.31. The molecule has 1 aliphatic carbocycles. The van der Waals surface area contributed by atoms with Crippen LogP contribution in [0.25, 0.3) is 0 Å². The number of amides is 3. The fourth-order valence-corrected chi connectivity index (χ4v) is 4.94. The summed E-state index contributed by atoms with van der Waals surface area (Å²) in [5.74, 6) is -0.220. The number of piperidine rings is 1. The van der Waals surface area contributed by atoms with E-state index in [1.165, 1.54) is 17.2 Å². The number of nitriles is 1. The Morgan fingerprint density at radius 1 is 1.11 bits per heavy atom. The lowest BCUT2D eigenvalue weighted by molar-refractivity contribution is -0.138. The molecule has 0 atom stereocenters. The molecule has 1 saturated carbocycles. The highest BCUT2D eigenvalue weighted by molar-refractivity contribution is 6.30. The molecule has 0 radical (unpaired) electrons. The van der Waals surface area contributed by atoms with Crippen LogP contribution in [0.5, 0.6) is 5.88 Å². The Balaban J connectivity index is 1.43. The molecule has 2 aromatic heterocycles. The van der Waals surface area contributed by atoms with Gasteiger partial charge in [-0.1, -0.05) is 0 Å². The fourth-order valence-electron chi connectivity index (χ4n) is 4.94. The summed E-state index contributed by atoms with van der Waals surface area (Å²) >= 11 is 0. The lowest BCUT2D eigenvalue weighted by Crippen LogP contribution is -2.55. The second kappa shape index (κ2) is 8.74. The van der Waals surface area contributed by atoms with E-state index in [1.807, 2.05) is 0 Å². The summed E-state index contributed by atoms with van der Waals surface area (Å²) in [6, 6.07) is 4.49. The van der Waals surface area contributed by atoms with Gasteiger partial charge in [0, 0.05) is 19.2 Å². The zero-order chi connectivity index (χ0) is 25.7. The first-order valence-corrected chi connectivity index (χ1v) is 11.6. The maximum atomic E-state index is 13.5. The van der Waals surface area contributed by atoms with Gasteiger partial charge in [-0.25, -0.2) is 19.7 Å². The number of hydrogen-bond acceptors (Lipinski definition) is 7. The summed E-state index contributed by atoms with van der Waals surface area (Å²) in [7, 11) is 2.05. The number of nitrogens with zero attached hydrogens (tertiary/aromatic N) is 6. The van der Waals surface area contributed by atoms with Crippen molar-refractivity contribution in [1.82, 2.24) is 14.9 Å². The maximum Gasteiger partial charge on any atom is 0.419 e. The van der Waals surface area contributed by atoms with Gasteiger partial charge in [0.15, 0.2) is 5.69 Å². The predicted octanol–water partition coefficient (Wildman–Crippen LogP) is 3.74. The number of likely N-dealkylation sites (tertiary alicyclic amines) is 1. The van der Waals surface area contributed by atoms with E-state index in [0.717, 1.165) is 32.1 Å². The van der Waals surface area contributed by atoms with E-state index in [9.17, 15) is 22.8 Å². The van der Waals surface area contributed by atoms with Crippen LogP contribution in [0.1, 0.15) is 43.4 Å². The standard InChI is InChI=1S/C24H23F3N6O3/c1-31-9-5-17(6-10-31)36-20-4-3-15(13-30-20)33-22(35)32(21(34)23(33)7-2-8-23)16-11-18(24(25,26)27)19(12-28)29-14-16/h3-4,11,13-14,17H,2,5-10H2,1H3. The van der Waals surface area contributed by atoms with Crippen LogP contribution in [-0.4, -0.2) is 58.6 Å². The lowest BCUT2D eigenvalue weighted by atomic mass is 9.75. The number of imide groups is 1. The van der Waals surface area contributed by atoms with Gasteiger partial charge in [-0.05, 0) is 51.3 Å². The van der Waals surface area contributed by atoms with E-state index in [1.54, 1.807) is 12.1 Å². The molecule has 0 aromatic carbocycles. The molecule has 2 aromatic rings. The van der Waals surface area contributed by atoms with Gasteiger partial charge >= 0.3 is 12.2 Å². The van der Waals surface area contributed by atoms with Crippen molar-refractivity contribution in [1.29, 1.82) is 5.26 Å². The Labute approximate surface area is 205 Å². The first-order chi connectivity index (χ1) is 17.1. The largest absolute Gasteiger partial charge is 0.474 e. The van der Waals surface area contributed by atoms with Crippen LogP contribution in [0.4, 0.5) is 29.3 Å². The molecule has 3 amide bonds. The number of urea groups is 1. The highest BCUT2D eigenvalue weighted by Gasteiger charge is 2.61. The van der Waals surface area contributed by atoms with E-state index in [0.29, 0.717) is 41.8 Å². The number of carbonyl (C=O) groups is 2. The van der Waals surface area contributed by atoms with Crippen LogP contribution >= 0.6 is 0 Å². The zero-order valence-corrected chi connectivity index (χ0v) is 19.5. The van der Waals surface area contributed by atoms with Crippen molar-refractivity contribution in [2.45, 2.75) is 49.9 Å². The van der Waals surface area contributed by atoms with Crippen LogP contribution in [0, 0.1) is 11.3 Å². The number of carbonyl (C=O) groups excluding carboxylic acids is 2. The van der Waals surface area contributed by atoms with Crippen LogP contribution in [0.3, 0.4) is 0 Å². The Hall–Kier alpha value is -3.72. The summed E-state index contributed by atoms with van der Waals surface area (Å²) in [5, 5.41) is 9.01. The lowest BCUT2D eigenvalue weighted by Gasteiger charge is -2.41. The van der Waals surface area contributed by atoms with E-state index in [2.05, 4.69) is 21.9 Å². The van der Waals surface area contributed by atoms with Crippen molar-refractivity contribution in [3.05, 3.63) is 41.9 Å². The van der Waals surface area contributed by atoms with Crippen molar-refractivity contribution >= 4 is 23.3 Å². The molecule has 5 rings (SSSR count). The highest BCUT2D eigenvalue weighted by atomic mass is 19.4. The SMILES string of the molecule is CN1CCC(Oc2ccc(N3C(=O)N(c4cnc(C#N)c(C(F)(F)F)c4)C(=O)C34CCC4)cn2)CC1. The van der Waals surface area contributed by atoms with Gasteiger partial charge in [0.2, 0.25) is 5.88 Å². The minimum atomic E-state index is -4.87. The summed E-state index contributed by atoms with van der Waals surface area (Å²) in [4.78, 5) is 39.0. The molecule has 36 heavy (non-hydrogen) atoms. The Kier molecular flexibility index (Phi) is 5.83. The van der Waals surface area contributed by atoms with Gasteiger partial charge in [-0.15, -0.1) is 0 Å². The maximum absolute atomic E-state index is 13.5. The molecular weight excluding hydrogens is 477 g/mol. The predicted molar refractivity (Wildman–Crippen MR) is 121 cm³/mol. The van der Waals surface area contributed by atoms with Crippen molar-refractivity contribution in [2.24, 2.45) is 0 Å². The molecule has 188 valence electrons. The van der Waals surface area contributed by atoms with Crippen molar-refractivity contribution in [3.63, 3.8) is 0 Å². The Morgan fingerprint density at radius 2 is 1.81 bits per heavy atom. The molecule has 1 spiro atoms. The van der Waals surface area contributed by atoms with E-state index >= 15 is 0 Å². The quantitative estimate of drug-likeness (QED) is 0.590. The molecule has 0 bridgehead atoms. The minimum absolute atomic E-state index is 0.0368. The van der Waals surface area contributed by atoms with Gasteiger partial charge in [0.25, 0.3) is 5.91 Å². The third kappa shape index (κ3) is 3.93. The second-order valence-electron chi connectivity index (χ2n) is 9.32. The normalized spacial score (nSPS) is 20.5. The van der Waals surface area contributed by atoms with E-state index in [4.69, 9.17) is 10.00 Å². The van der Waals surface area contributed by atoms with Gasteiger partial charge < -0.3 is 9.64 Å². The topological polar surface area (TPSA) is 103 Å². The van der Waals surface area contributed by atoms with Crippen LogP contribution in [0.2, 0.25) is 0 Å². The summed E-state index contributed by atoms with van der Waals surface area (Å²) < 4.78 is 46.4. The summed E-state index contributed by atoms with van der Waals surface area (Å²) in [6.45, 7) is 1.84. The molecule has 2 aliphatic heterocycles. The van der Waals surface area contributed by atoms with Crippen LogP contribution < -0.4 is 14.5 Å². The smallest absolute Gasteiger partial charge is 0.419 e. The Bertz CT molecular complexity index is 1230. The molecule has 2 saturated heterocycles. The van der Waals surface area contributed by atoms with Gasteiger partial charge in [-0.2, -0.15) is 18.4 Å². The first-order valence-electron chi connectivity index (χ1n) is 11.6. The number of pyridine rings is 2. The van der Waals surface area contributed by atoms with Crippen molar-refractivity contribution in [2.75, 3.05) is 29.9 Å². The molecule has 3 fully saturated rings. The van der Waals surface area contributed by atoms with Crippen molar-refractivity contribution < 1.29 is 27.5 Å². The van der Waals surface area contributed by atoms with Crippen LogP contribution in [-0.2, 0) is 11.0 Å². The van der Waals surface area contributed by atoms with Gasteiger partial charge in [0.05, 0.1) is 29.3 Å². The number of ether oxygens (including phenoxy) is 1. The zero-order valence-electron chi connectivity index (χ0n) is 19.5. The number of halogens is 3. The number of hydrogen-bond donors (Lipinski definition) is 0. The third-order valence-corrected chi connectivity index (χ3v) is 7.07. The molecule has 12 heteroatoms. The first kappa shape index (κ1) is 24.0. The van der Waals surface area contributed by atoms with Gasteiger partial charge in [-0.3, -0.25) is 9.69 Å². The molecule has 4 heterocycles. The van der Waals surface area contributed by atoms with Crippen molar-refractivity contribution in [3.8, 4) is 11.9 Å². The van der Waals surface area contributed by atoms with E-state index in [-0.39, 0.29) is 11.8 Å². The third-order valence-electron chi connectivity index (χ3n) is 7.07. The summed E-state index contributed by atoms with van der Waals surface area (Å²) in [6.07, 6.45) is 0.720. The average Bonchev–Trinajstić information content (AvgIpc) is 3.07. The number of rotatable bonds is 4. The number of aromatic nitrogens is 2. The van der Waals surface area contributed by atoms with E-state index < -0.39 is 34.9 Å². The average molecular weight is 500 g/mol. The molecule has 9 nitrogen and oxygen atoms in total. The molecule has 3 aliphatic rings. The molecule has 0 unspecified atom stereocenters.